The van der Waals surface area contributed by atoms with E-state index in [1.807, 2.05) is 37.4 Å². The molecule has 0 fully saturated rings. The molecule has 24 heavy (non-hydrogen) atoms. The topological polar surface area (TPSA) is 58.2 Å². The SMILES string of the molecule is CNCCCCCCNC(=O)c1ccc2cc(C(C)=O)ccc2c1. The second-order valence-corrected chi connectivity index (χ2v) is 6.11. The van der Waals surface area contributed by atoms with Gasteiger partial charge in [0, 0.05) is 17.7 Å². The Balaban J connectivity index is 1.88. The fraction of sp³-hybridized carbons (Fsp3) is 0.400. The maximum Gasteiger partial charge on any atom is 0.251 e. The zero-order chi connectivity index (χ0) is 17.4. The Hall–Kier alpha value is -2.20. The first-order valence-corrected chi connectivity index (χ1v) is 8.59. The summed E-state index contributed by atoms with van der Waals surface area (Å²) < 4.78 is 0. The summed E-state index contributed by atoms with van der Waals surface area (Å²) in [6.45, 7) is 3.32. The molecule has 0 aliphatic rings. The Bertz CT molecular complexity index is 710. The van der Waals surface area contributed by atoms with Crippen molar-refractivity contribution < 1.29 is 9.59 Å². The van der Waals surface area contributed by atoms with E-state index in [1.165, 1.54) is 12.8 Å². The molecule has 2 N–H and O–H groups in total. The number of benzene rings is 2. The maximum atomic E-state index is 12.2. The molecular weight excluding hydrogens is 300 g/mol. The molecule has 0 spiro atoms. The van der Waals surface area contributed by atoms with E-state index >= 15 is 0 Å². The van der Waals surface area contributed by atoms with Crippen LogP contribution in [0.5, 0.6) is 0 Å². The molecule has 1 amide bonds. The Morgan fingerprint density at radius 3 is 2.04 bits per heavy atom. The van der Waals surface area contributed by atoms with Crippen LogP contribution < -0.4 is 10.6 Å². The van der Waals surface area contributed by atoms with Crippen LogP contribution in [-0.2, 0) is 0 Å². The van der Waals surface area contributed by atoms with Crippen molar-refractivity contribution >= 4 is 22.5 Å². The lowest BCUT2D eigenvalue weighted by Crippen LogP contribution is -2.24. The smallest absolute Gasteiger partial charge is 0.251 e. The lowest BCUT2D eigenvalue weighted by Gasteiger charge is -2.07. The van der Waals surface area contributed by atoms with Gasteiger partial charge in [-0.3, -0.25) is 9.59 Å². The van der Waals surface area contributed by atoms with Crippen LogP contribution in [0.3, 0.4) is 0 Å². The van der Waals surface area contributed by atoms with Gasteiger partial charge < -0.3 is 10.6 Å². The van der Waals surface area contributed by atoms with Crippen molar-refractivity contribution in [3.63, 3.8) is 0 Å². The van der Waals surface area contributed by atoms with E-state index in [9.17, 15) is 9.59 Å². The van der Waals surface area contributed by atoms with Gasteiger partial charge in [0.1, 0.15) is 0 Å². The molecule has 2 rings (SSSR count). The van der Waals surface area contributed by atoms with Crippen LogP contribution in [0, 0.1) is 0 Å². The molecule has 0 saturated heterocycles. The van der Waals surface area contributed by atoms with Crippen LogP contribution in [0.1, 0.15) is 53.3 Å². The monoisotopic (exact) mass is 326 g/mol. The minimum Gasteiger partial charge on any atom is -0.352 e. The zero-order valence-corrected chi connectivity index (χ0v) is 14.5. The van der Waals surface area contributed by atoms with E-state index in [4.69, 9.17) is 0 Å². The van der Waals surface area contributed by atoms with E-state index in [-0.39, 0.29) is 11.7 Å². The van der Waals surface area contributed by atoms with Gasteiger partial charge in [-0.15, -0.1) is 0 Å². The maximum absolute atomic E-state index is 12.2. The molecule has 0 saturated carbocycles. The van der Waals surface area contributed by atoms with Gasteiger partial charge in [0.25, 0.3) is 5.91 Å². The fourth-order valence-electron chi connectivity index (χ4n) is 2.69. The molecule has 128 valence electrons. The lowest BCUT2D eigenvalue weighted by atomic mass is 10.0. The minimum atomic E-state index is -0.0391. The standard InChI is InChI=1S/C20H26N2O2/c1-15(23)16-7-8-18-14-19(10-9-17(18)13-16)20(24)22-12-6-4-3-5-11-21-2/h7-10,13-14,21H,3-6,11-12H2,1-2H3,(H,22,24). The summed E-state index contributed by atoms with van der Waals surface area (Å²) in [5.41, 5.74) is 1.35. The Morgan fingerprint density at radius 1 is 0.833 bits per heavy atom. The average Bonchev–Trinajstić information content (AvgIpc) is 2.59. The second kappa shape index (κ2) is 9.18. The largest absolute Gasteiger partial charge is 0.352 e. The molecule has 4 heteroatoms. The summed E-state index contributed by atoms with van der Waals surface area (Å²) in [7, 11) is 1.96. The van der Waals surface area contributed by atoms with Crippen LogP contribution in [0.25, 0.3) is 10.8 Å². The van der Waals surface area contributed by atoms with Gasteiger partial charge in [0.2, 0.25) is 0 Å². The minimum absolute atomic E-state index is 0.0391. The van der Waals surface area contributed by atoms with E-state index in [1.54, 1.807) is 13.0 Å². The van der Waals surface area contributed by atoms with E-state index in [2.05, 4.69) is 10.6 Å². The Morgan fingerprint density at radius 2 is 1.42 bits per heavy atom. The molecule has 0 aromatic heterocycles. The normalized spacial score (nSPS) is 10.8. The first kappa shape index (κ1) is 18.1. The van der Waals surface area contributed by atoms with Crippen LogP contribution in [-0.4, -0.2) is 31.8 Å². The molecule has 0 unspecified atom stereocenters. The highest BCUT2D eigenvalue weighted by molar-refractivity contribution is 6.01. The van der Waals surface area contributed by atoms with Crippen molar-refractivity contribution in [2.45, 2.75) is 32.6 Å². The summed E-state index contributed by atoms with van der Waals surface area (Å²) in [5, 5.41) is 8.06. The quantitative estimate of drug-likeness (QED) is 0.547. The van der Waals surface area contributed by atoms with Gasteiger partial charge in [-0.2, -0.15) is 0 Å². The zero-order valence-electron chi connectivity index (χ0n) is 14.5. The predicted octanol–water partition coefficient (Wildman–Crippen LogP) is 3.55. The van der Waals surface area contributed by atoms with E-state index in [0.29, 0.717) is 17.7 Å². The summed E-state index contributed by atoms with van der Waals surface area (Å²) in [6.07, 6.45) is 4.50. The number of hydrogen-bond acceptors (Lipinski definition) is 3. The van der Waals surface area contributed by atoms with E-state index in [0.717, 1.165) is 30.2 Å². The molecule has 2 aromatic carbocycles. The van der Waals surface area contributed by atoms with Crippen molar-refractivity contribution in [1.29, 1.82) is 0 Å². The Kier molecular flexibility index (Phi) is 6.94. The van der Waals surface area contributed by atoms with Gasteiger partial charge in [0.15, 0.2) is 5.78 Å². The molecule has 0 aliphatic heterocycles. The number of hydrogen-bond donors (Lipinski definition) is 2. The molecule has 4 nitrogen and oxygen atoms in total. The molecule has 0 atom stereocenters. The van der Waals surface area contributed by atoms with Gasteiger partial charge in [-0.1, -0.05) is 31.0 Å². The van der Waals surface area contributed by atoms with Gasteiger partial charge in [0.05, 0.1) is 0 Å². The third-order valence-corrected chi connectivity index (χ3v) is 4.15. The van der Waals surface area contributed by atoms with Crippen LogP contribution in [0.2, 0.25) is 0 Å². The number of carbonyl (C=O) groups is 2. The summed E-state index contributed by atoms with van der Waals surface area (Å²) >= 11 is 0. The van der Waals surface area contributed by atoms with Crippen LogP contribution in [0.4, 0.5) is 0 Å². The van der Waals surface area contributed by atoms with Crippen molar-refractivity contribution in [3.8, 4) is 0 Å². The number of unbranched alkanes of at least 4 members (excludes halogenated alkanes) is 3. The van der Waals surface area contributed by atoms with Crippen molar-refractivity contribution in [3.05, 3.63) is 47.5 Å². The van der Waals surface area contributed by atoms with Crippen molar-refractivity contribution in [2.24, 2.45) is 0 Å². The predicted molar refractivity (Wildman–Crippen MR) is 98.7 cm³/mol. The third-order valence-electron chi connectivity index (χ3n) is 4.15. The number of amides is 1. The number of ketones is 1. The fourth-order valence-corrected chi connectivity index (χ4v) is 2.69. The molecule has 0 aliphatic carbocycles. The average molecular weight is 326 g/mol. The summed E-state index contributed by atoms with van der Waals surface area (Å²) in [4.78, 5) is 23.6. The number of carbonyl (C=O) groups excluding carboxylic acids is 2. The second-order valence-electron chi connectivity index (χ2n) is 6.11. The number of Topliss-reactive ketones (excluding diaryl/α,β-unsaturated/α-hetero) is 1. The summed E-state index contributed by atoms with van der Waals surface area (Å²) in [6, 6.07) is 11.1. The van der Waals surface area contributed by atoms with Crippen LogP contribution in [0.15, 0.2) is 36.4 Å². The van der Waals surface area contributed by atoms with E-state index < -0.39 is 0 Å². The first-order valence-electron chi connectivity index (χ1n) is 8.59. The molecule has 0 heterocycles. The van der Waals surface area contributed by atoms with Crippen molar-refractivity contribution in [2.75, 3.05) is 20.1 Å². The van der Waals surface area contributed by atoms with Crippen molar-refractivity contribution in [1.82, 2.24) is 10.6 Å². The highest BCUT2D eigenvalue weighted by atomic mass is 16.1. The van der Waals surface area contributed by atoms with Crippen LogP contribution >= 0.6 is 0 Å². The molecule has 0 bridgehead atoms. The summed E-state index contributed by atoms with van der Waals surface area (Å²) in [5.74, 6) is 0.0104. The highest BCUT2D eigenvalue weighted by Gasteiger charge is 2.07. The number of rotatable bonds is 9. The molecule has 0 radical (unpaired) electrons. The number of nitrogens with one attached hydrogen (secondary N) is 2. The molecule has 2 aromatic rings. The first-order chi connectivity index (χ1) is 11.6. The number of fused-ring (bicyclic) bond motifs is 1. The molecular formula is C20H26N2O2. The van der Waals surface area contributed by atoms with Gasteiger partial charge >= 0.3 is 0 Å². The highest BCUT2D eigenvalue weighted by Crippen LogP contribution is 2.18. The Labute approximate surface area is 143 Å². The van der Waals surface area contributed by atoms with Gasteiger partial charge in [-0.25, -0.2) is 0 Å². The third kappa shape index (κ3) is 5.17. The van der Waals surface area contributed by atoms with Gasteiger partial charge in [-0.05, 0) is 62.3 Å². The lowest BCUT2D eigenvalue weighted by molar-refractivity contribution is 0.0952.